The van der Waals surface area contributed by atoms with Crippen LogP contribution in [0.3, 0.4) is 0 Å². The molecule has 6 nitrogen and oxygen atoms in total. The Balaban J connectivity index is 1.54. The first-order valence-corrected chi connectivity index (χ1v) is 7.91. The number of nitrogens with zero attached hydrogens (tertiary/aromatic N) is 2. The van der Waals surface area contributed by atoms with Crippen LogP contribution < -0.4 is 5.32 Å². The Labute approximate surface area is 139 Å². The standard InChI is InChI=1S/C18H19N3O3/c1-3-13-4-6-14(7-5-13)19-16(22)8-9-17-20-21-18(24-17)15-10-11-23-12(15)2/h4-7,10-11H,3,8-9H2,1-2H3,(H,19,22). The van der Waals surface area contributed by atoms with Gasteiger partial charge in [-0.2, -0.15) is 0 Å². The summed E-state index contributed by atoms with van der Waals surface area (Å²) in [6.45, 7) is 3.92. The van der Waals surface area contributed by atoms with Gasteiger partial charge >= 0.3 is 0 Å². The number of aromatic nitrogens is 2. The average molecular weight is 325 g/mol. The monoisotopic (exact) mass is 325 g/mol. The molecule has 0 aliphatic carbocycles. The Morgan fingerprint density at radius 1 is 1.17 bits per heavy atom. The van der Waals surface area contributed by atoms with E-state index in [0.29, 0.717) is 18.2 Å². The molecule has 0 unspecified atom stereocenters. The zero-order valence-corrected chi connectivity index (χ0v) is 13.7. The number of aryl methyl sites for hydroxylation is 3. The van der Waals surface area contributed by atoms with Crippen molar-refractivity contribution in [2.75, 3.05) is 5.32 Å². The van der Waals surface area contributed by atoms with Crippen molar-refractivity contribution in [1.29, 1.82) is 0 Å². The average Bonchev–Trinajstić information content (AvgIpc) is 3.22. The molecule has 2 heterocycles. The second-order valence-corrected chi connectivity index (χ2v) is 5.49. The second kappa shape index (κ2) is 7.12. The van der Waals surface area contributed by atoms with Crippen LogP contribution in [0.5, 0.6) is 0 Å². The van der Waals surface area contributed by atoms with E-state index in [-0.39, 0.29) is 12.3 Å². The molecule has 124 valence electrons. The Morgan fingerprint density at radius 3 is 2.62 bits per heavy atom. The van der Waals surface area contributed by atoms with Gasteiger partial charge in [0.15, 0.2) is 0 Å². The minimum absolute atomic E-state index is 0.0847. The van der Waals surface area contributed by atoms with Crippen LogP contribution in [-0.2, 0) is 17.6 Å². The lowest BCUT2D eigenvalue weighted by Gasteiger charge is -2.05. The molecule has 24 heavy (non-hydrogen) atoms. The van der Waals surface area contributed by atoms with Crippen LogP contribution in [-0.4, -0.2) is 16.1 Å². The van der Waals surface area contributed by atoms with Crippen molar-refractivity contribution in [3.8, 4) is 11.5 Å². The molecule has 2 aromatic heterocycles. The van der Waals surface area contributed by atoms with Gasteiger partial charge in [0.2, 0.25) is 11.8 Å². The van der Waals surface area contributed by atoms with Gasteiger partial charge in [-0.15, -0.1) is 10.2 Å². The van der Waals surface area contributed by atoms with Crippen molar-refractivity contribution in [1.82, 2.24) is 10.2 Å². The van der Waals surface area contributed by atoms with E-state index < -0.39 is 0 Å². The Bertz CT molecular complexity index is 818. The van der Waals surface area contributed by atoms with Gasteiger partial charge in [-0.25, -0.2) is 0 Å². The first-order valence-electron chi connectivity index (χ1n) is 7.91. The lowest BCUT2D eigenvalue weighted by Crippen LogP contribution is -2.12. The first kappa shape index (κ1) is 16.0. The summed E-state index contributed by atoms with van der Waals surface area (Å²) < 4.78 is 10.8. The summed E-state index contributed by atoms with van der Waals surface area (Å²) in [6.07, 6.45) is 3.22. The van der Waals surface area contributed by atoms with E-state index in [2.05, 4.69) is 22.4 Å². The molecule has 0 atom stereocenters. The molecule has 3 rings (SSSR count). The lowest BCUT2D eigenvalue weighted by molar-refractivity contribution is -0.116. The lowest BCUT2D eigenvalue weighted by atomic mass is 10.1. The van der Waals surface area contributed by atoms with Crippen molar-refractivity contribution < 1.29 is 13.6 Å². The molecule has 0 radical (unpaired) electrons. The van der Waals surface area contributed by atoms with Gasteiger partial charge in [0, 0.05) is 18.5 Å². The summed E-state index contributed by atoms with van der Waals surface area (Å²) in [5.41, 5.74) is 2.80. The number of rotatable bonds is 6. The number of hydrogen-bond acceptors (Lipinski definition) is 5. The Hall–Kier alpha value is -2.89. The fraction of sp³-hybridized carbons (Fsp3) is 0.278. The quantitative estimate of drug-likeness (QED) is 0.746. The fourth-order valence-corrected chi connectivity index (χ4v) is 2.34. The minimum atomic E-state index is -0.0847. The van der Waals surface area contributed by atoms with E-state index in [1.54, 1.807) is 12.3 Å². The van der Waals surface area contributed by atoms with Gasteiger partial charge < -0.3 is 14.2 Å². The number of nitrogens with one attached hydrogen (secondary N) is 1. The van der Waals surface area contributed by atoms with Gasteiger partial charge in [0.25, 0.3) is 5.89 Å². The van der Waals surface area contributed by atoms with E-state index in [9.17, 15) is 4.79 Å². The molecule has 6 heteroatoms. The van der Waals surface area contributed by atoms with Crippen molar-refractivity contribution in [3.05, 3.63) is 53.8 Å². The first-order chi connectivity index (χ1) is 11.7. The van der Waals surface area contributed by atoms with E-state index in [4.69, 9.17) is 8.83 Å². The summed E-state index contributed by atoms with van der Waals surface area (Å²) >= 11 is 0. The summed E-state index contributed by atoms with van der Waals surface area (Å²) in [4.78, 5) is 12.0. The van der Waals surface area contributed by atoms with Crippen molar-refractivity contribution in [2.24, 2.45) is 0 Å². The number of amides is 1. The van der Waals surface area contributed by atoms with Crippen LogP contribution in [0.25, 0.3) is 11.5 Å². The van der Waals surface area contributed by atoms with Gasteiger partial charge in [0.05, 0.1) is 11.8 Å². The topological polar surface area (TPSA) is 81.2 Å². The van der Waals surface area contributed by atoms with Gasteiger partial charge in [-0.1, -0.05) is 19.1 Å². The predicted octanol–water partition coefficient (Wildman–Crippen LogP) is 3.77. The maximum atomic E-state index is 12.0. The van der Waals surface area contributed by atoms with Gasteiger partial charge in [-0.3, -0.25) is 4.79 Å². The largest absolute Gasteiger partial charge is 0.469 e. The number of furan rings is 1. The van der Waals surface area contributed by atoms with E-state index in [0.717, 1.165) is 23.4 Å². The molecule has 3 aromatic rings. The van der Waals surface area contributed by atoms with Crippen LogP contribution in [0, 0.1) is 6.92 Å². The number of anilines is 1. The zero-order valence-electron chi connectivity index (χ0n) is 13.7. The molecule has 1 amide bonds. The highest BCUT2D eigenvalue weighted by Crippen LogP contribution is 2.23. The number of carbonyl (C=O) groups is 1. The third-order valence-electron chi connectivity index (χ3n) is 3.77. The maximum absolute atomic E-state index is 12.0. The molecule has 0 fully saturated rings. The van der Waals surface area contributed by atoms with E-state index in [1.807, 2.05) is 31.2 Å². The second-order valence-electron chi connectivity index (χ2n) is 5.49. The summed E-state index contributed by atoms with van der Waals surface area (Å²) in [7, 11) is 0. The van der Waals surface area contributed by atoms with E-state index in [1.165, 1.54) is 5.56 Å². The molecular weight excluding hydrogens is 306 g/mol. The number of hydrogen-bond donors (Lipinski definition) is 1. The van der Waals surface area contributed by atoms with Gasteiger partial charge in [-0.05, 0) is 37.1 Å². The Kier molecular flexibility index (Phi) is 4.74. The van der Waals surface area contributed by atoms with Crippen LogP contribution in [0.4, 0.5) is 5.69 Å². The number of benzene rings is 1. The van der Waals surface area contributed by atoms with Crippen molar-refractivity contribution in [3.63, 3.8) is 0 Å². The molecule has 0 spiro atoms. The SMILES string of the molecule is CCc1ccc(NC(=O)CCc2nnc(-c3ccoc3C)o2)cc1. The number of carbonyl (C=O) groups excluding carboxylic acids is 1. The van der Waals surface area contributed by atoms with E-state index >= 15 is 0 Å². The van der Waals surface area contributed by atoms with Crippen LogP contribution in [0.2, 0.25) is 0 Å². The van der Waals surface area contributed by atoms with Crippen molar-refractivity contribution in [2.45, 2.75) is 33.1 Å². The van der Waals surface area contributed by atoms with Crippen LogP contribution in [0.1, 0.15) is 30.6 Å². The molecule has 0 bridgehead atoms. The molecule has 0 aliphatic rings. The fourth-order valence-electron chi connectivity index (χ4n) is 2.34. The van der Waals surface area contributed by atoms with Crippen LogP contribution in [0.15, 0.2) is 45.4 Å². The molecule has 0 saturated heterocycles. The highest BCUT2D eigenvalue weighted by Gasteiger charge is 2.13. The zero-order chi connectivity index (χ0) is 16.9. The summed E-state index contributed by atoms with van der Waals surface area (Å²) in [5.74, 6) is 1.48. The summed E-state index contributed by atoms with van der Waals surface area (Å²) in [5, 5.41) is 10.8. The third-order valence-corrected chi connectivity index (χ3v) is 3.77. The van der Waals surface area contributed by atoms with Crippen LogP contribution >= 0.6 is 0 Å². The molecular formula is C18H19N3O3. The molecule has 0 aliphatic heterocycles. The molecule has 0 saturated carbocycles. The highest BCUT2D eigenvalue weighted by molar-refractivity contribution is 5.90. The highest BCUT2D eigenvalue weighted by atomic mass is 16.4. The minimum Gasteiger partial charge on any atom is -0.469 e. The maximum Gasteiger partial charge on any atom is 0.251 e. The van der Waals surface area contributed by atoms with Gasteiger partial charge in [0.1, 0.15) is 5.76 Å². The molecule has 1 aromatic carbocycles. The Morgan fingerprint density at radius 2 is 1.96 bits per heavy atom. The predicted molar refractivity (Wildman–Crippen MR) is 89.5 cm³/mol. The smallest absolute Gasteiger partial charge is 0.251 e. The van der Waals surface area contributed by atoms with Crippen molar-refractivity contribution >= 4 is 11.6 Å². The normalized spacial score (nSPS) is 10.8. The summed E-state index contributed by atoms with van der Waals surface area (Å²) in [6, 6.07) is 9.60. The molecule has 1 N–H and O–H groups in total. The third kappa shape index (κ3) is 3.71.